The summed E-state index contributed by atoms with van der Waals surface area (Å²) in [5.74, 6) is 1.39. The highest BCUT2D eigenvalue weighted by Crippen LogP contribution is 2.56. The van der Waals surface area contributed by atoms with E-state index in [0.717, 1.165) is 19.0 Å². The second-order valence-corrected chi connectivity index (χ2v) is 9.09. The minimum Gasteiger partial charge on any atom is -0.391 e. The molecule has 3 atom stereocenters. The Kier molecular flexibility index (Phi) is 5.09. The Bertz CT molecular complexity index is 581. The molecule has 1 saturated carbocycles. The van der Waals surface area contributed by atoms with E-state index in [2.05, 4.69) is 51.2 Å². The maximum atomic E-state index is 9.13. The van der Waals surface area contributed by atoms with E-state index in [0.29, 0.717) is 23.4 Å². The van der Waals surface area contributed by atoms with Crippen LogP contribution in [0, 0.1) is 11.3 Å². The van der Waals surface area contributed by atoms with E-state index in [9.17, 15) is 0 Å². The van der Waals surface area contributed by atoms with E-state index in [1.807, 2.05) is 0 Å². The number of aliphatic hydroxyl groups is 1. The Balaban J connectivity index is 1.91. The number of fused-ring (bicyclic) bond motifs is 3. The lowest BCUT2D eigenvalue weighted by molar-refractivity contribution is -0.669. The number of aliphatic hydroxyl groups excluding tert-OH is 1. The highest BCUT2D eigenvalue weighted by molar-refractivity contribution is 5.42. The van der Waals surface area contributed by atoms with Gasteiger partial charge in [0.05, 0.1) is 19.7 Å². The summed E-state index contributed by atoms with van der Waals surface area (Å²) in [5.41, 5.74) is 5.48. The van der Waals surface area contributed by atoms with Crippen LogP contribution in [-0.2, 0) is 11.8 Å². The Labute approximate surface area is 148 Å². The molecule has 3 rings (SSSR count). The van der Waals surface area contributed by atoms with Crippen LogP contribution in [0.15, 0.2) is 18.2 Å². The van der Waals surface area contributed by atoms with Crippen LogP contribution in [0.4, 0.5) is 0 Å². The van der Waals surface area contributed by atoms with Crippen molar-refractivity contribution in [2.24, 2.45) is 11.3 Å². The summed E-state index contributed by atoms with van der Waals surface area (Å²) >= 11 is 0. The van der Waals surface area contributed by atoms with Crippen molar-refractivity contribution in [1.82, 2.24) is 0 Å². The van der Waals surface area contributed by atoms with Crippen molar-refractivity contribution in [1.29, 1.82) is 0 Å². The second-order valence-electron chi connectivity index (χ2n) is 9.09. The van der Waals surface area contributed by atoms with Crippen molar-refractivity contribution in [2.75, 3.05) is 19.7 Å². The molecular formula is C22H36NO+. The molecule has 0 aliphatic heterocycles. The van der Waals surface area contributed by atoms with Gasteiger partial charge >= 0.3 is 0 Å². The van der Waals surface area contributed by atoms with Gasteiger partial charge in [-0.1, -0.05) is 52.3 Å². The van der Waals surface area contributed by atoms with Crippen LogP contribution >= 0.6 is 0 Å². The fourth-order valence-corrected chi connectivity index (χ4v) is 5.77. The number of hydrogen-bond acceptors (Lipinski definition) is 1. The molecular weight excluding hydrogens is 294 g/mol. The lowest BCUT2D eigenvalue weighted by Crippen LogP contribution is -2.88. The average Bonchev–Trinajstić information content (AvgIpc) is 2.54. The smallest absolute Gasteiger partial charge is 0.0990 e. The van der Waals surface area contributed by atoms with Gasteiger partial charge in [0, 0.05) is 5.41 Å². The number of quaternary nitrogens is 1. The van der Waals surface area contributed by atoms with Gasteiger partial charge in [0.1, 0.15) is 0 Å². The number of nitrogens with two attached hydrogens (primary N) is 1. The minimum atomic E-state index is 0.291. The lowest BCUT2D eigenvalue weighted by atomic mass is 9.49. The zero-order chi connectivity index (χ0) is 17.4. The summed E-state index contributed by atoms with van der Waals surface area (Å²) in [5, 5.41) is 11.5. The van der Waals surface area contributed by atoms with E-state index in [4.69, 9.17) is 5.11 Å². The van der Waals surface area contributed by atoms with Crippen LogP contribution in [0.5, 0.6) is 0 Å². The quantitative estimate of drug-likeness (QED) is 0.798. The first-order chi connectivity index (χ1) is 11.4. The molecule has 1 fully saturated rings. The van der Waals surface area contributed by atoms with Crippen molar-refractivity contribution in [3.63, 3.8) is 0 Å². The highest BCUT2D eigenvalue weighted by Gasteiger charge is 2.52. The molecule has 2 nitrogen and oxygen atoms in total. The van der Waals surface area contributed by atoms with Crippen molar-refractivity contribution >= 4 is 0 Å². The van der Waals surface area contributed by atoms with Gasteiger partial charge in [-0.2, -0.15) is 0 Å². The second kappa shape index (κ2) is 6.80. The standard InChI is InChI=1S/C22H35NO/c1-16(2)17-6-8-19-18(14-17)7-9-20-21(3,15-23-12-13-24)10-5-11-22(19,20)4/h6,8,14,16,20,23-24H,5,7,9-13,15H2,1-4H3/p+1/t20-,21-,22+/m0/s1. The summed E-state index contributed by atoms with van der Waals surface area (Å²) < 4.78 is 0. The van der Waals surface area contributed by atoms with E-state index in [1.165, 1.54) is 37.7 Å². The third kappa shape index (κ3) is 3.04. The Morgan fingerprint density at radius 1 is 1.25 bits per heavy atom. The number of benzene rings is 1. The van der Waals surface area contributed by atoms with Crippen LogP contribution in [0.3, 0.4) is 0 Å². The van der Waals surface area contributed by atoms with Gasteiger partial charge in [0.25, 0.3) is 0 Å². The summed E-state index contributed by atoms with van der Waals surface area (Å²) in [7, 11) is 0. The molecule has 0 spiro atoms. The predicted molar refractivity (Wildman–Crippen MR) is 100 cm³/mol. The monoisotopic (exact) mass is 330 g/mol. The summed E-state index contributed by atoms with van der Waals surface area (Å²) in [6, 6.07) is 7.33. The summed E-state index contributed by atoms with van der Waals surface area (Å²) in [6.45, 7) is 11.9. The fraction of sp³-hybridized carbons (Fsp3) is 0.727. The molecule has 24 heavy (non-hydrogen) atoms. The molecule has 0 bridgehead atoms. The maximum Gasteiger partial charge on any atom is 0.0990 e. The van der Waals surface area contributed by atoms with Crippen molar-refractivity contribution < 1.29 is 10.4 Å². The molecule has 0 amide bonds. The highest BCUT2D eigenvalue weighted by atomic mass is 16.3. The first-order valence-electron chi connectivity index (χ1n) is 9.96. The maximum absolute atomic E-state index is 9.13. The topological polar surface area (TPSA) is 36.8 Å². The van der Waals surface area contributed by atoms with Gasteiger partial charge in [-0.3, -0.25) is 0 Å². The zero-order valence-electron chi connectivity index (χ0n) is 16.1. The van der Waals surface area contributed by atoms with Crippen molar-refractivity contribution in [3.8, 4) is 0 Å². The molecule has 2 aliphatic rings. The molecule has 0 radical (unpaired) electrons. The normalized spacial score (nSPS) is 32.5. The summed E-state index contributed by atoms with van der Waals surface area (Å²) in [4.78, 5) is 0. The SMILES string of the molecule is CC(C)c1ccc2c(c1)CC[C@H]1[C@](C)(C[NH2+]CCO)CCC[C@]21C. The molecule has 0 saturated heterocycles. The minimum absolute atomic E-state index is 0.291. The Morgan fingerprint density at radius 2 is 2.04 bits per heavy atom. The number of hydrogen-bond donors (Lipinski definition) is 2. The molecule has 0 heterocycles. The van der Waals surface area contributed by atoms with Gasteiger partial charge < -0.3 is 10.4 Å². The Morgan fingerprint density at radius 3 is 2.75 bits per heavy atom. The van der Waals surface area contributed by atoms with E-state index >= 15 is 0 Å². The fourth-order valence-electron chi connectivity index (χ4n) is 5.77. The summed E-state index contributed by atoms with van der Waals surface area (Å²) in [6.07, 6.45) is 6.58. The molecule has 1 aromatic carbocycles. The first-order valence-corrected chi connectivity index (χ1v) is 9.96. The average molecular weight is 331 g/mol. The molecule has 3 N–H and O–H groups in total. The zero-order valence-corrected chi connectivity index (χ0v) is 16.1. The van der Waals surface area contributed by atoms with Crippen LogP contribution in [0.25, 0.3) is 0 Å². The van der Waals surface area contributed by atoms with E-state index in [1.54, 1.807) is 11.1 Å². The van der Waals surface area contributed by atoms with E-state index < -0.39 is 0 Å². The predicted octanol–water partition coefficient (Wildman–Crippen LogP) is 3.38. The first kappa shape index (κ1) is 17.9. The van der Waals surface area contributed by atoms with Crippen LogP contribution in [-0.4, -0.2) is 24.8 Å². The molecule has 134 valence electrons. The Hall–Kier alpha value is -0.860. The molecule has 2 aliphatic carbocycles. The van der Waals surface area contributed by atoms with E-state index in [-0.39, 0.29) is 0 Å². The largest absolute Gasteiger partial charge is 0.391 e. The van der Waals surface area contributed by atoms with Gasteiger partial charge in [-0.15, -0.1) is 0 Å². The van der Waals surface area contributed by atoms with Crippen LogP contribution in [0.1, 0.15) is 76.0 Å². The number of aryl methyl sites for hydroxylation is 1. The molecule has 0 unspecified atom stereocenters. The van der Waals surface area contributed by atoms with Gasteiger partial charge in [-0.25, -0.2) is 0 Å². The van der Waals surface area contributed by atoms with Crippen LogP contribution < -0.4 is 5.32 Å². The number of rotatable bonds is 5. The van der Waals surface area contributed by atoms with Crippen molar-refractivity contribution in [2.45, 2.75) is 71.1 Å². The van der Waals surface area contributed by atoms with Gasteiger partial charge in [0.2, 0.25) is 0 Å². The molecule has 2 heteroatoms. The van der Waals surface area contributed by atoms with Gasteiger partial charge in [0.15, 0.2) is 0 Å². The van der Waals surface area contributed by atoms with Crippen molar-refractivity contribution in [3.05, 3.63) is 34.9 Å². The van der Waals surface area contributed by atoms with Crippen LogP contribution in [0.2, 0.25) is 0 Å². The molecule has 0 aromatic heterocycles. The third-order valence-electron chi connectivity index (χ3n) is 7.11. The third-order valence-corrected chi connectivity index (χ3v) is 7.11. The lowest BCUT2D eigenvalue weighted by Gasteiger charge is -2.54. The van der Waals surface area contributed by atoms with Gasteiger partial charge in [-0.05, 0) is 59.6 Å². The molecule has 1 aromatic rings.